The molecule has 27 heavy (non-hydrogen) atoms. The quantitative estimate of drug-likeness (QED) is 0.334. The van der Waals surface area contributed by atoms with Gasteiger partial charge in [-0.2, -0.15) is 0 Å². The Hall–Kier alpha value is -3.14. The summed E-state index contributed by atoms with van der Waals surface area (Å²) < 4.78 is 2.26. The molecule has 2 N–H and O–H groups in total. The number of aryl methyl sites for hydroxylation is 1. The fourth-order valence-electron chi connectivity index (χ4n) is 3.65. The number of para-hydroxylation sites is 1. The molecule has 0 saturated carbocycles. The van der Waals surface area contributed by atoms with Crippen LogP contribution in [0, 0.1) is 6.92 Å². The van der Waals surface area contributed by atoms with Crippen molar-refractivity contribution < 1.29 is 4.57 Å². The fourth-order valence-corrected chi connectivity index (χ4v) is 3.65. The summed E-state index contributed by atoms with van der Waals surface area (Å²) in [6, 6.07) is 21.0. The van der Waals surface area contributed by atoms with Crippen molar-refractivity contribution in [1.82, 2.24) is 4.98 Å². The third kappa shape index (κ3) is 2.97. The van der Waals surface area contributed by atoms with Gasteiger partial charge in [0.05, 0.1) is 0 Å². The molecule has 4 heteroatoms. The average Bonchev–Trinajstić information content (AvgIpc) is 2.69. The molecule has 4 rings (SSSR count). The number of benzene rings is 3. The third-order valence-electron chi connectivity index (χ3n) is 5.19. The van der Waals surface area contributed by atoms with E-state index in [0.717, 1.165) is 52.1 Å². The number of fused-ring (bicyclic) bond motifs is 2. The number of aromatic nitrogens is 2. The smallest absolute Gasteiger partial charge is 0.239 e. The van der Waals surface area contributed by atoms with Gasteiger partial charge >= 0.3 is 0 Å². The summed E-state index contributed by atoms with van der Waals surface area (Å²) in [4.78, 5) is 7.27. The van der Waals surface area contributed by atoms with E-state index < -0.39 is 0 Å². The second-order valence-electron chi connectivity index (χ2n) is 6.83. The Kier molecular flexibility index (Phi) is 4.40. The first kappa shape index (κ1) is 17.3. The zero-order valence-electron chi connectivity index (χ0n) is 16.1. The molecule has 0 fully saturated rings. The van der Waals surface area contributed by atoms with E-state index in [0.29, 0.717) is 0 Å². The maximum Gasteiger partial charge on any atom is 0.239 e. The molecule has 1 aromatic heterocycles. The molecule has 0 bridgehead atoms. The monoisotopic (exact) mass is 357 g/mol. The van der Waals surface area contributed by atoms with Gasteiger partial charge in [-0.1, -0.05) is 18.2 Å². The maximum absolute atomic E-state index is 6.25. The standard InChI is InChI=1S/C23H24N4/c1-4-26(5-2)18-11-12-20-22(14-18)27(17-9-7-6-8-10-17)23-15-19(24)16(3)13-21(23)25-20/h6-15,24H,4-5H2,1-3H3/p+1. The Morgan fingerprint density at radius 3 is 2.30 bits per heavy atom. The number of hydrogen-bond acceptors (Lipinski definition) is 3. The van der Waals surface area contributed by atoms with Gasteiger partial charge in [-0.15, -0.1) is 4.57 Å². The lowest BCUT2D eigenvalue weighted by Gasteiger charge is -2.20. The van der Waals surface area contributed by atoms with Crippen LogP contribution in [0.1, 0.15) is 19.4 Å². The number of nitrogens with two attached hydrogens (primary N) is 1. The molecule has 0 spiro atoms. The molecule has 0 aliphatic carbocycles. The van der Waals surface area contributed by atoms with Crippen molar-refractivity contribution >= 4 is 33.4 Å². The second kappa shape index (κ2) is 6.88. The number of anilines is 2. The molecule has 4 aromatic rings. The minimum Gasteiger partial charge on any atom is -0.398 e. The van der Waals surface area contributed by atoms with E-state index in [4.69, 9.17) is 10.7 Å². The van der Waals surface area contributed by atoms with Crippen molar-refractivity contribution in [3.63, 3.8) is 0 Å². The van der Waals surface area contributed by atoms with Gasteiger partial charge in [0.1, 0.15) is 11.0 Å². The van der Waals surface area contributed by atoms with E-state index in [1.165, 1.54) is 5.69 Å². The molecular weight excluding hydrogens is 332 g/mol. The normalized spacial score (nSPS) is 11.2. The largest absolute Gasteiger partial charge is 0.398 e. The van der Waals surface area contributed by atoms with Crippen LogP contribution in [0.15, 0.2) is 60.7 Å². The van der Waals surface area contributed by atoms with E-state index >= 15 is 0 Å². The Bertz CT molecular complexity index is 1120. The van der Waals surface area contributed by atoms with Gasteiger partial charge in [-0.25, -0.2) is 4.98 Å². The van der Waals surface area contributed by atoms with E-state index in [2.05, 4.69) is 71.8 Å². The topological polar surface area (TPSA) is 46.0 Å². The fraction of sp³-hybridized carbons (Fsp3) is 0.217. The zero-order valence-corrected chi connectivity index (χ0v) is 16.1. The van der Waals surface area contributed by atoms with Gasteiger partial charge in [-0.05, 0) is 44.5 Å². The summed E-state index contributed by atoms with van der Waals surface area (Å²) >= 11 is 0. The third-order valence-corrected chi connectivity index (χ3v) is 5.19. The van der Waals surface area contributed by atoms with Gasteiger partial charge in [0, 0.05) is 48.7 Å². The van der Waals surface area contributed by atoms with Crippen molar-refractivity contribution in [3.05, 3.63) is 66.2 Å². The minimum absolute atomic E-state index is 0.785. The van der Waals surface area contributed by atoms with Gasteiger partial charge in [0.25, 0.3) is 0 Å². The summed E-state index contributed by atoms with van der Waals surface area (Å²) in [5, 5.41) is 0. The summed E-state index contributed by atoms with van der Waals surface area (Å²) in [6.45, 7) is 8.33. The maximum atomic E-state index is 6.25. The van der Waals surface area contributed by atoms with Gasteiger partial charge in [0.2, 0.25) is 16.7 Å². The average molecular weight is 357 g/mol. The number of hydrogen-bond donors (Lipinski definition) is 1. The van der Waals surface area contributed by atoms with E-state index in [-0.39, 0.29) is 0 Å². The second-order valence-corrected chi connectivity index (χ2v) is 6.83. The van der Waals surface area contributed by atoms with Crippen molar-refractivity contribution in [1.29, 1.82) is 0 Å². The van der Waals surface area contributed by atoms with Gasteiger partial charge in [-0.3, -0.25) is 0 Å². The van der Waals surface area contributed by atoms with Crippen LogP contribution < -0.4 is 15.2 Å². The molecule has 3 aromatic carbocycles. The van der Waals surface area contributed by atoms with Crippen LogP contribution >= 0.6 is 0 Å². The Balaban J connectivity index is 2.13. The first-order chi connectivity index (χ1) is 13.1. The lowest BCUT2D eigenvalue weighted by atomic mass is 10.1. The summed E-state index contributed by atoms with van der Waals surface area (Å²) in [6.07, 6.45) is 0. The van der Waals surface area contributed by atoms with Crippen molar-refractivity contribution in [2.24, 2.45) is 0 Å². The van der Waals surface area contributed by atoms with Crippen LogP contribution in [-0.4, -0.2) is 18.1 Å². The first-order valence-electron chi connectivity index (χ1n) is 9.48. The highest BCUT2D eigenvalue weighted by Gasteiger charge is 2.21. The molecule has 0 saturated heterocycles. The van der Waals surface area contributed by atoms with Crippen molar-refractivity contribution in [2.75, 3.05) is 23.7 Å². The molecule has 0 aliphatic heterocycles. The lowest BCUT2D eigenvalue weighted by Crippen LogP contribution is -2.33. The Labute approximate surface area is 159 Å². The van der Waals surface area contributed by atoms with Crippen molar-refractivity contribution in [3.8, 4) is 5.69 Å². The Morgan fingerprint density at radius 2 is 1.59 bits per heavy atom. The molecule has 0 unspecified atom stereocenters. The van der Waals surface area contributed by atoms with Crippen LogP contribution in [-0.2, 0) is 0 Å². The van der Waals surface area contributed by atoms with Gasteiger partial charge < -0.3 is 10.6 Å². The molecule has 1 heterocycles. The Morgan fingerprint density at radius 1 is 0.889 bits per heavy atom. The SMILES string of the molecule is CCN(CC)c1ccc2nc3cc(C)c(N)cc3[n+](-c3ccccc3)c2c1. The predicted molar refractivity (Wildman–Crippen MR) is 113 cm³/mol. The molecule has 0 atom stereocenters. The molecule has 136 valence electrons. The van der Waals surface area contributed by atoms with Crippen molar-refractivity contribution in [2.45, 2.75) is 20.8 Å². The molecule has 0 radical (unpaired) electrons. The summed E-state index contributed by atoms with van der Waals surface area (Å²) in [5.41, 5.74) is 14.4. The molecule has 0 amide bonds. The van der Waals surface area contributed by atoms with E-state index in [1.54, 1.807) is 0 Å². The number of rotatable bonds is 4. The first-order valence-corrected chi connectivity index (χ1v) is 9.48. The number of nitrogens with zero attached hydrogens (tertiary/aromatic N) is 3. The highest BCUT2D eigenvalue weighted by Crippen LogP contribution is 2.25. The highest BCUT2D eigenvalue weighted by atomic mass is 15.1. The van der Waals surface area contributed by atoms with E-state index in [1.807, 2.05) is 19.1 Å². The summed E-state index contributed by atoms with van der Waals surface area (Å²) in [7, 11) is 0. The van der Waals surface area contributed by atoms with Crippen LogP contribution in [0.5, 0.6) is 0 Å². The highest BCUT2D eigenvalue weighted by molar-refractivity contribution is 5.86. The predicted octanol–water partition coefficient (Wildman–Crippen LogP) is 4.40. The van der Waals surface area contributed by atoms with Crippen LogP contribution in [0.25, 0.3) is 27.8 Å². The number of nitrogen functional groups attached to an aromatic ring is 1. The molecule has 4 nitrogen and oxygen atoms in total. The van der Waals surface area contributed by atoms with Crippen LogP contribution in [0.3, 0.4) is 0 Å². The lowest BCUT2D eigenvalue weighted by molar-refractivity contribution is -0.538. The zero-order chi connectivity index (χ0) is 19.0. The molecule has 0 aliphatic rings. The van der Waals surface area contributed by atoms with Gasteiger partial charge in [0.15, 0.2) is 0 Å². The summed E-state index contributed by atoms with van der Waals surface area (Å²) in [5.74, 6) is 0. The van der Waals surface area contributed by atoms with E-state index in [9.17, 15) is 0 Å². The molecular formula is C23H25N4+. The van der Waals surface area contributed by atoms with Crippen LogP contribution in [0.4, 0.5) is 11.4 Å². The van der Waals surface area contributed by atoms with Crippen LogP contribution in [0.2, 0.25) is 0 Å². The minimum atomic E-state index is 0.785.